The number of aromatic carboxylic acids is 1. The molecule has 19 heavy (non-hydrogen) atoms. The molecule has 0 radical (unpaired) electrons. The maximum Gasteiger partial charge on any atom is 0.358 e. The van der Waals surface area contributed by atoms with Crippen molar-refractivity contribution in [1.82, 2.24) is 9.97 Å². The van der Waals surface area contributed by atoms with E-state index in [4.69, 9.17) is 14.6 Å². The second-order valence-corrected chi connectivity index (χ2v) is 3.50. The van der Waals surface area contributed by atoms with E-state index in [-0.39, 0.29) is 17.3 Å². The highest BCUT2D eigenvalue weighted by Gasteiger charge is 2.15. The van der Waals surface area contributed by atoms with Crippen LogP contribution in [0.5, 0.6) is 17.4 Å². The number of rotatable bonds is 5. The van der Waals surface area contributed by atoms with Crippen molar-refractivity contribution in [3.05, 3.63) is 42.4 Å². The second-order valence-electron chi connectivity index (χ2n) is 3.50. The van der Waals surface area contributed by atoms with Crippen molar-refractivity contribution < 1.29 is 19.4 Å². The number of aromatic nitrogens is 2. The topological polar surface area (TPSA) is 81.5 Å². The summed E-state index contributed by atoms with van der Waals surface area (Å²) in [6.07, 6.45) is 2.92. The average molecular weight is 260 g/mol. The molecule has 0 unspecified atom stereocenters. The Morgan fingerprint density at radius 2 is 1.89 bits per heavy atom. The maximum absolute atomic E-state index is 11.0. The van der Waals surface area contributed by atoms with Gasteiger partial charge in [0.1, 0.15) is 0 Å². The van der Waals surface area contributed by atoms with Crippen LogP contribution in [0.1, 0.15) is 17.4 Å². The summed E-state index contributed by atoms with van der Waals surface area (Å²) >= 11 is 0. The van der Waals surface area contributed by atoms with Crippen LogP contribution >= 0.6 is 0 Å². The largest absolute Gasteiger partial charge is 0.488 e. The van der Waals surface area contributed by atoms with Gasteiger partial charge in [-0.15, -0.1) is 0 Å². The van der Waals surface area contributed by atoms with Crippen LogP contribution in [-0.4, -0.2) is 27.7 Å². The zero-order valence-electron chi connectivity index (χ0n) is 10.2. The molecule has 0 saturated heterocycles. The van der Waals surface area contributed by atoms with Crippen molar-refractivity contribution in [2.45, 2.75) is 6.92 Å². The predicted octanol–water partition coefficient (Wildman–Crippen LogP) is 2.37. The van der Waals surface area contributed by atoms with Crippen molar-refractivity contribution >= 4 is 5.97 Å². The number of hydrogen-bond acceptors (Lipinski definition) is 5. The van der Waals surface area contributed by atoms with Crippen LogP contribution in [0, 0.1) is 0 Å². The van der Waals surface area contributed by atoms with E-state index in [1.807, 2.05) is 6.92 Å². The van der Waals surface area contributed by atoms with Crippen LogP contribution in [0.15, 0.2) is 36.7 Å². The minimum absolute atomic E-state index is 0.120. The molecule has 2 aromatic rings. The molecule has 0 aliphatic rings. The Labute approximate surface area is 109 Å². The van der Waals surface area contributed by atoms with Crippen LogP contribution in [0.4, 0.5) is 0 Å². The van der Waals surface area contributed by atoms with Crippen LogP contribution in [0.25, 0.3) is 0 Å². The van der Waals surface area contributed by atoms with Gasteiger partial charge >= 0.3 is 5.97 Å². The first-order valence-corrected chi connectivity index (χ1v) is 5.66. The summed E-state index contributed by atoms with van der Waals surface area (Å²) < 4.78 is 10.8. The highest BCUT2D eigenvalue weighted by Crippen LogP contribution is 2.29. The molecule has 0 saturated carbocycles. The Morgan fingerprint density at radius 3 is 2.58 bits per heavy atom. The van der Waals surface area contributed by atoms with E-state index in [2.05, 4.69) is 9.97 Å². The fraction of sp³-hybridized carbons (Fsp3) is 0.154. The molecule has 0 spiro atoms. The third kappa shape index (κ3) is 2.98. The first kappa shape index (κ1) is 12.8. The van der Waals surface area contributed by atoms with Gasteiger partial charge in [0, 0.05) is 12.4 Å². The van der Waals surface area contributed by atoms with Crippen molar-refractivity contribution in [1.29, 1.82) is 0 Å². The Bertz CT molecular complexity index is 586. The SMILES string of the molecule is CCOc1cccnc1Oc1cccnc1C(=O)O. The molecule has 1 N–H and O–H groups in total. The summed E-state index contributed by atoms with van der Waals surface area (Å²) in [6, 6.07) is 6.51. The average Bonchev–Trinajstić information content (AvgIpc) is 2.42. The van der Waals surface area contributed by atoms with Gasteiger partial charge in [0.05, 0.1) is 6.61 Å². The van der Waals surface area contributed by atoms with E-state index in [0.29, 0.717) is 12.4 Å². The van der Waals surface area contributed by atoms with Crippen molar-refractivity contribution in [2.24, 2.45) is 0 Å². The van der Waals surface area contributed by atoms with E-state index >= 15 is 0 Å². The zero-order valence-corrected chi connectivity index (χ0v) is 10.2. The summed E-state index contributed by atoms with van der Waals surface area (Å²) in [7, 11) is 0. The van der Waals surface area contributed by atoms with E-state index in [1.165, 1.54) is 18.5 Å². The molecule has 0 amide bonds. The summed E-state index contributed by atoms with van der Waals surface area (Å²) in [4.78, 5) is 18.8. The normalized spacial score (nSPS) is 9.95. The van der Waals surface area contributed by atoms with Gasteiger partial charge in [0.25, 0.3) is 5.88 Å². The summed E-state index contributed by atoms with van der Waals surface area (Å²) in [5.41, 5.74) is -0.171. The highest BCUT2D eigenvalue weighted by atomic mass is 16.5. The van der Waals surface area contributed by atoms with Gasteiger partial charge in [-0.3, -0.25) is 0 Å². The quantitative estimate of drug-likeness (QED) is 0.888. The van der Waals surface area contributed by atoms with Crippen molar-refractivity contribution in [2.75, 3.05) is 6.61 Å². The molecule has 2 rings (SSSR count). The Morgan fingerprint density at radius 1 is 1.21 bits per heavy atom. The molecular weight excluding hydrogens is 248 g/mol. The summed E-state index contributed by atoms with van der Waals surface area (Å²) in [5, 5.41) is 9.02. The molecule has 6 heteroatoms. The molecule has 2 aromatic heterocycles. The smallest absolute Gasteiger partial charge is 0.358 e. The van der Waals surface area contributed by atoms with Gasteiger partial charge in [-0.25, -0.2) is 14.8 Å². The summed E-state index contributed by atoms with van der Waals surface area (Å²) in [5.74, 6) is -0.385. The number of carboxylic acid groups (broad SMARTS) is 1. The van der Waals surface area contributed by atoms with Crippen LogP contribution in [0.3, 0.4) is 0 Å². The fourth-order valence-corrected chi connectivity index (χ4v) is 1.46. The second kappa shape index (κ2) is 5.81. The van der Waals surface area contributed by atoms with Gasteiger partial charge in [-0.05, 0) is 31.2 Å². The number of hydrogen-bond donors (Lipinski definition) is 1. The maximum atomic E-state index is 11.0. The predicted molar refractivity (Wildman–Crippen MR) is 66.7 cm³/mol. The summed E-state index contributed by atoms with van der Waals surface area (Å²) in [6.45, 7) is 2.30. The molecule has 0 fully saturated rings. The van der Waals surface area contributed by atoms with Crippen molar-refractivity contribution in [3.63, 3.8) is 0 Å². The Hall–Kier alpha value is -2.63. The third-order valence-corrected chi connectivity index (χ3v) is 2.22. The van der Waals surface area contributed by atoms with Gasteiger partial charge in [-0.2, -0.15) is 0 Å². The first-order chi connectivity index (χ1) is 9.22. The molecule has 6 nitrogen and oxygen atoms in total. The van der Waals surface area contributed by atoms with Crippen LogP contribution < -0.4 is 9.47 Å². The molecule has 0 bridgehead atoms. The molecular formula is C13H12N2O4. The zero-order chi connectivity index (χ0) is 13.7. The van der Waals surface area contributed by atoms with Gasteiger partial charge in [0.2, 0.25) is 0 Å². The van der Waals surface area contributed by atoms with Gasteiger partial charge in [0.15, 0.2) is 17.2 Å². The molecule has 98 valence electrons. The standard InChI is InChI=1S/C13H12N2O4/c1-2-18-10-6-4-8-15-12(10)19-9-5-3-7-14-11(9)13(16)17/h3-8H,2H2,1H3,(H,16,17). The van der Waals surface area contributed by atoms with Gasteiger partial charge < -0.3 is 14.6 Å². The van der Waals surface area contributed by atoms with Gasteiger partial charge in [-0.1, -0.05) is 0 Å². The lowest BCUT2D eigenvalue weighted by Gasteiger charge is -2.10. The molecule has 2 heterocycles. The minimum Gasteiger partial charge on any atom is -0.488 e. The van der Waals surface area contributed by atoms with E-state index in [0.717, 1.165) is 0 Å². The number of ether oxygens (including phenoxy) is 2. The lowest BCUT2D eigenvalue weighted by atomic mass is 10.3. The Balaban J connectivity index is 2.34. The lowest BCUT2D eigenvalue weighted by molar-refractivity contribution is 0.0687. The lowest BCUT2D eigenvalue weighted by Crippen LogP contribution is -2.04. The monoisotopic (exact) mass is 260 g/mol. The van der Waals surface area contributed by atoms with E-state index in [1.54, 1.807) is 18.2 Å². The third-order valence-electron chi connectivity index (χ3n) is 2.22. The highest BCUT2D eigenvalue weighted by molar-refractivity contribution is 5.88. The van der Waals surface area contributed by atoms with Crippen LogP contribution in [0.2, 0.25) is 0 Å². The van der Waals surface area contributed by atoms with Crippen molar-refractivity contribution in [3.8, 4) is 17.4 Å². The molecule has 0 aliphatic carbocycles. The number of carboxylic acids is 1. The molecule has 0 aromatic carbocycles. The van der Waals surface area contributed by atoms with E-state index < -0.39 is 5.97 Å². The molecule has 0 atom stereocenters. The van der Waals surface area contributed by atoms with E-state index in [9.17, 15) is 4.79 Å². The number of carbonyl (C=O) groups is 1. The first-order valence-electron chi connectivity index (χ1n) is 5.66. The Kier molecular flexibility index (Phi) is 3.92. The fourth-order valence-electron chi connectivity index (χ4n) is 1.46. The number of nitrogens with zero attached hydrogens (tertiary/aromatic N) is 2. The van der Waals surface area contributed by atoms with Crippen LogP contribution in [-0.2, 0) is 0 Å². The minimum atomic E-state index is -1.16. The molecule has 0 aliphatic heterocycles. The number of pyridine rings is 2.